The molecule has 3 N–H and O–H groups in total. The molecule has 0 aliphatic heterocycles. The minimum absolute atomic E-state index is 0.00942. The molecule has 3 nitrogen and oxygen atoms in total. The van der Waals surface area contributed by atoms with Crippen molar-refractivity contribution in [3.8, 4) is 0 Å². The van der Waals surface area contributed by atoms with Crippen LogP contribution in [-0.2, 0) is 6.54 Å². The fraction of sp³-hybridized carbons (Fsp3) is 0.455. The van der Waals surface area contributed by atoms with Crippen LogP contribution in [-0.4, -0.2) is 29.5 Å². The molecule has 0 fully saturated rings. The highest BCUT2D eigenvalue weighted by Gasteiger charge is 2.07. The molecule has 1 aromatic rings. The lowest BCUT2D eigenvalue weighted by atomic mass is 10.2. The van der Waals surface area contributed by atoms with Gasteiger partial charge >= 0.3 is 0 Å². The molecule has 0 aliphatic carbocycles. The Morgan fingerprint density at radius 1 is 1.27 bits per heavy atom. The average Bonchev–Trinajstić information content (AvgIpc) is 2.26. The van der Waals surface area contributed by atoms with Crippen molar-refractivity contribution in [1.82, 2.24) is 5.32 Å². The van der Waals surface area contributed by atoms with Crippen LogP contribution in [0.2, 0.25) is 0 Å². The summed E-state index contributed by atoms with van der Waals surface area (Å²) >= 11 is 0. The van der Waals surface area contributed by atoms with Crippen molar-refractivity contribution in [3.63, 3.8) is 0 Å². The number of benzene rings is 1. The molecule has 0 spiro atoms. The molecule has 0 aromatic heterocycles. The fourth-order valence-electron chi connectivity index (χ4n) is 1.31. The highest BCUT2D eigenvalue weighted by atomic mass is 19.1. The van der Waals surface area contributed by atoms with Gasteiger partial charge in [0.25, 0.3) is 0 Å². The monoisotopic (exact) mass is 213 g/mol. The molecule has 0 radical (unpaired) electrons. The number of halogens is 1. The number of rotatable bonds is 6. The van der Waals surface area contributed by atoms with Crippen molar-refractivity contribution in [1.29, 1.82) is 0 Å². The van der Waals surface area contributed by atoms with Crippen LogP contribution in [0.25, 0.3) is 0 Å². The molecule has 1 unspecified atom stereocenters. The Labute approximate surface area is 88.6 Å². The topological polar surface area (TPSA) is 52.5 Å². The second kappa shape index (κ2) is 6.50. The highest BCUT2D eigenvalue weighted by molar-refractivity contribution is 5.16. The maximum Gasteiger partial charge on any atom is 0.127 e. The van der Waals surface area contributed by atoms with E-state index in [1.807, 2.05) is 0 Å². The molecular formula is C11H16FNO2. The van der Waals surface area contributed by atoms with Gasteiger partial charge < -0.3 is 15.5 Å². The Morgan fingerprint density at radius 3 is 2.60 bits per heavy atom. The van der Waals surface area contributed by atoms with E-state index in [2.05, 4.69) is 5.32 Å². The van der Waals surface area contributed by atoms with E-state index >= 15 is 0 Å². The van der Waals surface area contributed by atoms with E-state index < -0.39 is 0 Å². The van der Waals surface area contributed by atoms with Gasteiger partial charge in [-0.15, -0.1) is 0 Å². The van der Waals surface area contributed by atoms with Gasteiger partial charge in [-0.05, 0) is 12.5 Å². The molecule has 1 atom stereocenters. The van der Waals surface area contributed by atoms with Crippen molar-refractivity contribution in [2.75, 3.05) is 13.2 Å². The molecule has 0 amide bonds. The third-order valence-electron chi connectivity index (χ3n) is 2.24. The quantitative estimate of drug-likeness (QED) is 0.650. The number of nitrogens with one attached hydrogen (secondary N) is 1. The Balaban J connectivity index is 2.45. The summed E-state index contributed by atoms with van der Waals surface area (Å²) in [6.07, 6.45) is 0.463. The van der Waals surface area contributed by atoms with Crippen LogP contribution >= 0.6 is 0 Å². The van der Waals surface area contributed by atoms with E-state index in [4.69, 9.17) is 10.2 Å². The average molecular weight is 213 g/mol. The lowest BCUT2D eigenvalue weighted by molar-refractivity contribution is 0.199. The van der Waals surface area contributed by atoms with Crippen LogP contribution in [0.3, 0.4) is 0 Å². The normalized spacial score (nSPS) is 12.7. The molecule has 4 heteroatoms. The zero-order valence-electron chi connectivity index (χ0n) is 8.49. The molecule has 0 bridgehead atoms. The lowest BCUT2D eigenvalue weighted by Crippen LogP contribution is -2.33. The summed E-state index contributed by atoms with van der Waals surface area (Å²) in [5.74, 6) is -0.259. The Morgan fingerprint density at radius 2 is 2.00 bits per heavy atom. The molecular weight excluding hydrogens is 197 g/mol. The summed E-state index contributed by atoms with van der Waals surface area (Å²) in [5, 5.41) is 20.6. The van der Waals surface area contributed by atoms with E-state index in [0.717, 1.165) is 0 Å². The summed E-state index contributed by atoms with van der Waals surface area (Å²) in [4.78, 5) is 0. The largest absolute Gasteiger partial charge is 0.396 e. The second-order valence-electron chi connectivity index (χ2n) is 3.36. The van der Waals surface area contributed by atoms with Gasteiger partial charge in [-0.25, -0.2) is 4.39 Å². The zero-order chi connectivity index (χ0) is 11.1. The van der Waals surface area contributed by atoms with Crippen LogP contribution in [0.1, 0.15) is 12.0 Å². The van der Waals surface area contributed by atoms with E-state index in [1.165, 1.54) is 6.07 Å². The molecule has 1 rings (SSSR count). The summed E-state index contributed by atoms with van der Waals surface area (Å²) in [6.45, 7) is 0.308. The smallest absolute Gasteiger partial charge is 0.127 e. The molecule has 0 heterocycles. The summed E-state index contributed by atoms with van der Waals surface area (Å²) in [6, 6.07) is 6.30. The maximum absolute atomic E-state index is 13.2. The first-order valence-corrected chi connectivity index (χ1v) is 4.96. The van der Waals surface area contributed by atoms with E-state index in [-0.39, 0.29) is 25.1 Å². The first kappa shape index (κ1) is 12.1. The molecule has 0 saturated carbocycles. The van der Waals surface area contributed by atoms with Crippen molar-refractivity contribution in [2.24, 2.45) is 0 Å². The molecule has 0 aliphatic rings. The van der Waals surface area contributed by atoms with Crippen LogP contribution in [0.15, 0.2) is 24.3 Å². The van der Waals surface area contributed by atoms with Gasteiger partial charge in [0.15, 0.2) is 0 Å². The second-order valence-corrected chi connectivity index (χ2v) is 3.36. The number of aliphatic hydroxyl groups is 2. The van der Waals surface area contributed by atoms with Crippen LogP contribution in [0.4, 0.5) is 4.39 Å². The third kappa shape index (κ3) is 3.95. The van der Waals surface area contributed by atoms with Crippen molar-refractivity contribution in [2.45, 2.75) is 19.0 Å². The van der Waals surface area contributed by atoms with Gasteiger partial charge in [0.1, 0.15) is 5.82 Å². The van der Waals surface area contributed by atoms with E-state index in [9.17, 15) is 4.39 Å². The van der Waals surface area contributed by atoms with Gasteiger partial charge in [0.05, 0.1) is 6.61 Å². The third-order valence-corrected chi connectivity index (χ3v) is 2.24. The predicted octanol–water partition coefficient (Wildman–Crippen LogP) is 0.659. The van der Waals surface area contributed by atoms with E-state index in [1.54, 1.807) is 18.2 Å². The Kier molecular flexibility index (Phi) is 5.25. The Bertz CT molecular complexity index is 294. The van der Waals surface area contributed by atoms with Gasteiger partial charge in [0, 0.05) is 24.8 Å². The van der Waals surface area contributed by atoms with Crippen LogP contribution in [0.5, 0.6) is 0 Å². The maximum atomic E-state index is 13.2. The summed E-state index contributed by atoms with van der Waals surface area (Å²) < 4.78 is 13.2. The minimum Gasteiger partial charge on any atom is -0.396 e. The van der Waals surface area contributed by atoms with Crippen molar-refractivity contribution < 1.29 is 14.6 Å². The molecule has 84 valence electrons. The molecule has 0 saturated heterocycles. The number of aliphatic hydroxyl groups excluding tert-OH is 2. The number of hydrogen-bond acceptors (Lipinski definition) is 3. The van der Waals surface area contributed by atoms with Gasteiger partial charge in [-0.3, -0.25) is 0 Å². The fourth-order valence-corrected chi connectivity index (χ4v) is 1.31. The SMILES string of the molecule is OCCC(CO)NCc1ccccc1F. The summed E-state index contributed by atoms with van der Waals surface area (Å²) in [5.41, 5.74) is 0.564. The molecule has 1 aromatic carbocycles. The predicted molar refractivity (Wildman–Crippen MR) is 55.8 cm³/mol. The number of hydrogen-bond donors (Lipinski definition) is 3. The van der Waals surface area contributed by atoms with Gasteiger partial charge in [-0.2, -0.15) is 0 Å². The van der Waals surface area contributed by atoms with Crippen molar-refractivity contribution >= 4 is 0 Å². The standard InChI is InChI=1S/C11H16FNO2/c12-11-4-2-1-3-9(11)7-13-10(8-15)5-6-14/h1-4,10,13-15H,5-8H2. The zero-order valence-corrected chi connectivity index (χ0v) is 8.49. The van der Waals surface area contributed by atoms with Crippen LogP contribution in [0, 0.1) is 5.82 Å². The van der Waals surface area contributed by atoms with Crippen molar-refractivity contribution in [3.05, 3.63) is 35.6 Å². The highest BCUT2D eigenvalue weighted by Crippen LogP contribution is 2.06. The van der Waals surface area contributed by atoms with E-state index in [0.29, 0.717) is 18.5 Å². The summed E-state index contributed by atoms with van der Waals surface area (Å²) in [7, 11) is 0. The minimum atomic E-state index is -0.259. The lowest BCUT2D eigenvalue weighted by Gasteiger charge is -2.15. The first-order chi connectivity index (χ1) is 7.27. The van der Waals surface area contributed by atoms with Crippen LogP contribution < -0.4 is 5.32 Å². The first-order valence-electron chi connectivity index (χ1n) is 4.96. The van der Waals surface area contributed by atoms with Gasteiger partial charge in [0.2, 0.25) is 0 Å². The molecule has 15 heavy (non-hydrogen) atoms. The van der Waals surface area contributed by atoms with Gasteiger partial charge in [-0.1, -0.05) is 18.2 Å². The Hall–Kier alpha value is -0.970.